The van der Waals surface area contributed by atoms with E-state index in [9.17, 15) is 14.4 Å². The van der Waals surface area contributed by atoms with Crippen LogP contribution in [0, 0.1) is 5.92 Å². The fraction of sp³-hybridized carbons (Fsp3) is 0.550. The molecule has 0 saturated carbocycles. The van der Waals surface area contributed by atoms with Gasteiger partial charge in [0.25, 0.3) is 0 Å². The highest BCUT2D eigenvalue weighted by molar-refractivity contribution is 7.99. The van der Waals surface area contributed by atoms with Crippen molar-refractivity contribution >= 4 is 35.2 Å². The maximum Gasteiger partial charge on any atom is 0.248 e. The molecule has 1 aromatic rings. The fourth-order valence-electron chi connectivity index (χ4n) is 3.40. The van der Waals surface area contributed by atoms with Crippen LogP contribution in [0.25, 0.3) is 0 Å². The predicted octanol–water partition coefficient (Wildman–Crippen LogP) is 2.70. The largest absolute Gasteiger partial charge is 0.338 e. The summed E-state index contributed by atoms with van der Waals surface area (Å²) in [7, 11) is 0. The molecule has 1 N–H and O–H groups in total. The fourth-order valence-corrected chi connectivity index (χ4v) is 4.56. The van der Waals surface area contributed by atoms with E-state index < -0.39 is 6.04 Å². The van der Waals surface area contributed by atoms with Gasteiger partial charge in [0.2, 0.25) is 17.7 Å². The van der Waals surface area contributed by atoms with Gasteiger partial charge in [-0.3, -0.25) is 14.4 Å². The maximum absolute atomic E-state index is 12.8. The molecule has 27 heavy (non-hydrogen) atoms. The number of hydrogen-bond acceptors (Lipinski definition) is 4. The lowest BCUT2D eigenvalue weighted by molar-refractivity contribution is -0.139. The summed E-state index contributed by atoms with van der Waals surface area (Å²) in [5.74, 6) is 1.20. The summed E-state index contributed by atoms with van der Waals surface area (Å²) in [5.41, 5.74) is 1.70. The van der Waals surface area contributed by atoms with Gasteiger partial charge in [-0.15, -0.1) is 11.8 Å². The van der Waals surface area contributed by atoms with Gasteiger partial charge < -0.3 is 15.1 Å². The van der Waals surface area contributed by atoms with Crippen LogP contribution in [-0.4, -0.2) is 51.7 Å². The van der Waals surface area contributed by atoms with Gasteiger partial charge in [0.1, 0.15) is 6.04 Å². The van der Waals surface area contributed by atoms with Crippen molar-refractivity contribution in [1.82, 2.24) is 9.80 Å². The Morgan fingerprint density at radius 2 is 2.19 bits per heavy atom. The first-order chi connectivity index (χ1) is 13.0. The smallest absolute Gasteiger partial charge is 0.248 e. The first-order valence-corrected chi connectivity index (χ1v) is 10.7. The van der Waals surface area contributed by atoms with Gasteiger partial charge in [-0.25, -0.2) is 0 Å². The van der Waals surface area contributed by atoms with Crippen molar-refractivity contribution in [2.75, 3.05) is 23.5 Å². The zero-order chi connectivity index (χ0) is 19.4. The summed E-state index contributed by atoms with van der Waals surface area (Å²) in [4.78, 5) is 40.6. The van der Waals surface area contributed by atoms with E-state index in [1.54, 1.807) is 16.7 Å². The lowest BCUT2D eigenvalue weighted by Crippen LogP contribution is -2.46. The lowest BCUT2D eigenvalue weighted by Gasteiger charge is -2.25. The van der Waals surface area contributed by atoms with Crippen LogP contribution in [0.4, 0.5) is 5.69 Å². The highest BCUT2D eigenvalue weighted by Crippen LogP contribution is 2.25. The third-order valence-electron chi connectivity index (χ3n) is 5.24. The minimum atomic E-state index is -0.430. The number of hydrogen-bond donors (Lipinski definition) is 1. The number of benzene rings is 1. The zero-order valence-corrected chi connectivity index (χ0v) is 16.8. The second-order valence-electron chi connectivity index (χ2n) is 7.24. The Bertz CT molecular complexity index is 724. The molecule has 3 rings (SSSR count). The Morgan fingerprint density at radius 1 is 1.37 bits per heavy atom. The highest BCUT2D eigenvalue weighted by atomic mass is 32.2. The topological polar surface area (TPSA) is 69.7 Å². The molecule has 7 heteroatoms. The summed E-state index contributed by atoms with van der Waals surface area (Å²) >= 11 is 1.61. The molecule has 0 aromatic heterocycles. The number of likely N-dealkylation sites (tertiary alicyclic amines) is 1. The van der Waals surface area contributed by atoms with Gasteiger partial charge in [0.05, 0.1) is 5.88 Å². The number of rotatable bonds is 6. The van der Waals surface area contributed by atoms with E-state index in [-0.39, 0.29) is 23.6 Å². The molecular weight excluding hydrogens is 362 g/mol. The quantitative estimate of drug-likeness (QED) is 0.812. The molecule has 2 saturated heterocycles. The van der Waals surface area contributed by atoms with E-state index in [0.717, 1.165) is 24.9 Å². The van der Waals surface area contributed by atoms with Gasteiger partial charge >= 0.3 is 0 Å². The molecule has 3 amide bonds. The molecule has 146 valence electrons. The molecule has 0 aliphatic carbocycles. The number of anilines is 1. The summed E-state index contributed by atoms with van der Waals surface area (Å²) in [6.07, 6.45) is 2.30. The maximum atomic E-state index is 12.8. The Labute approximate surface area is 164 Å². The van der Waals surface area contributed by atoms with Crippen LogP contribution in [0.5, 0.6) is 0 Å². The molecule has 2 aliphatic rings. The van der Waals surface area contributed by atoms with Crippen molar-refractivity contribution in [1.29, 1.82) is 0 Å². The molecule has 2 heterocycles. The molecule has 2 atom stereocenters. The highest BCUT2D eigenvalue weighted by Gasteiger charge is 2.36. The second-order valence-corrected chi connectivity index (χ2v) is 8.24. The van der Waals surface area contributed by atoms with Crippen LogP contribution < -0.4 is 5.32 Å². The molecule has 0 spiro atoms. The Balaban J connectivity index is 1.64. The summed E-state index contributed by atoms with van der Waals surface area (Å²) in [6.45, 7) is 5.25. The Kier molecular flexibility index (Phi) is 6.42. The van der Waals surface area contributed by atoms with Crippen LogP contribution in [0.1, 0.15) is 38.7 Å². The third-order valence-corrected chi connectivity index (χ3v) is 6.25. The lowest BCUT2D eigenvalue weighted by atomic mass is 10.1. The second kappa shape index (κ2) is 8.78. The molecule has 1 aromatic carbocycles. The van der Waals surface area contributed by atoms with Crippen molar-refractivity contribution in [3.63, 3.8) is 0 Å². The molecular formula is C20H27N3O3S. The Morgan fingerprint density at radius 3 is 2.89 bits per heavy atom. The van der Waals surface area contributed by atoms with Crippen LogP contribution in [0.2, 0.25) is 0 Å². The predicted molar refractivity (Wildman–Crippen MR) is 107 cm³/mol. The van der Waals surface area contributed by atoms with Crippen LogP contribution >= 0.6 is 11.8 Å². The Hall–Kier alpha value is -2.02. The van der Waals surface area contributed by atoms with Gasteiger partial charge in [-0.05, 0) is 30.5 Å². The normalized spacial score (nSPS) is 20.8. The average molecular weight is 390 g/mol. The minimum Gasteiger partial charge on any atom is -0.338 e. The van der Waals surface area contributed by atoms with Crippen molar-refractivity contribution < 1.29 is 14.4 Å². The van der Waals surface area contributed by atoms with Crippen molar-refractivity contribution in [2.24, 2.45) is 5.92 Å². The van der Waals surface area contributed by atoms with E-state index in [0.29, 0.717) is 30.3 Å². The van der Waals surface area contributed by atoms with E-state index >= 15 is 0 Å². The number of thioether (sulfide) groups is 1. The number of amides is 3. The van der Waals surface area contributed by atoms with E-state index in [2.05, 4.69) is 5.32 Å². The van der Waals surface area contributed by atoms with Gasteiger partial charge in [-0.2, -0.15) is 0 Å². The van der Waals surface area contributed by atoms with Gasteiger partial charge in [-0.1, -0.05) is 26.0 Å². The van der Waals surface area contributed by atoms with E-state index in [1.807, 2.05) is 43.0 Å². The molecule has 2 aliphatic heterocycles. The minimum absolute atomic E-state index is 0.0453. The van der Waals surface area contributed by atoms with E-state index in [1.165, 1.54) is 0 Å². The van der Waals surface area contributed by atoms with Gasteiger partial charge in [0.15, 0.2) is 0 Å². The molecule has 2 fully saturated rings. The van der Waals surface area contributed by atoms with Crippen LogP contribution in [0.3, 0.4) is 0 Å². The summed E-state index contributed by atoms with van der Waals surface area (Å²) in [6, 6.07) is 7.17. The molecule has 0 radical (unpaired) electrons. The first-order valence-electron chi connectivity index (χ1n) is 9.55. The van der Waals surface area contributed by atoms with E-state index in [4.69, 9.17) is 0 Å². The van der Waals surface area contributed by atoms with Crippen molar-refractivity contribution in [3.05, 3.63) is 29.8 Å². The van der Waals surface area contributed by atoms with Crippen LogP contribution in [-0.2, 0) is 20.9 Å². The van der Waals surface area contributed by atoms with Crippen molar-refractivity contribution in [2.45, 2.75) is 45.7 Å². The number of carbonyl (C=O) groups is 3. The number of nitrogens with one attached hydrogen (secondary N) is 1. The summed E-state index contributed by atoms with van der Waals surface area (Å²) in [5, 5.41) is 2.95. The van der Waals surface area contributed by atoms with Gasteiger partial charge in [0, 0.05) is 36.9 Å². The molecule has 6 nitrogen and oxygen atoms in total. The first kappa shape index (κ1) is 19.7. The third kappa shape index (κ3) is 4.64. The SMILES string of the molecule is CC[C@H](C)C(=O)N1CSC[C@@H]1C(=O)Nc1cccc(CN2CCCC2=O)c1. The van der Waals surface area contributed by atoms with Crippen LogP contribution in [0.15, 0.2) is 24.3 Å². The van der Waals surface area contributed by atoms with Crippen molar-refractivity contribution in [3.8, 4) is 0 Å². The number of carbonyl (C=O) groups excluding carboxylic acids is 3. The average Bonchev–Trinajstić information content (AvgIpc) is 3.30. The standard InChI is InChI=1S/C20H27N3O3S/c1-3-14(2)20(26)23-13-27-12-17(23)19(25)21-16-7-4-6-15(10-16)11-22-9-5-8-18(22)24/h4,6-7,10,14,17H,3,5,8-9,11-13H2,1-2H3,(H,21,25)/t14-,17+/m0/s1. The summed E-state index contributed by atoms with van der Waals surface area (Å²) < 4.78 is 0. The number of nitrogens with zero attached hydrogens (tertiary/aromatic N) is 2. The zero-order valence-electron chi connectivity index (χ0n) is 15.9. The molecule has 0 unspecified atom stereocenters. The monoisotopic (exact) mass is 389 g/mol. The molecule has 0 bridgehead atoms.